The number of aromatic nitrogens is 2. The first-order valence-electron chi connectivity index (χ1n) is 6.42. The van der Waals surface area contributed by atoms with Crippen LogP contribution in [-0.2, 0) is 0 Å². The average molecular weight is 245 g/mol. The molecule has 1 aromatic carbocycles. The number of nitrogens with zero attached hydrogens (tertiary/aromatic N) is 3. The van der Waals surface area contributed by atoms with Gasteiger partial charge in [-0.3, -0.25) is 0 Å². The van der Waals surface area contributed by atoms with E-state index in [-0.39, 0.29) is 6.61 Å². The molecule has 0 saturated heterocycles. The minimum atomic E-state index is 0.141. The second-order valence-electron chi connectivity index (χ2n) is 4.28. The number of para-hydroxylation sites is 1. The lowest BCUT2D eigenvalue weighted by atomic mass is 10.2. The molecule has 2 rings (SSSR count). The average Bonchev–Trinajstić information content (AvgIpc) is 2.43. The highest BCUT2D eigenvalue weighted by molar-refractivity contribution is 5.89. The van der Waals surface area contributed by atoms with Crippen LogP contribution in [0.3, 0.4) is 0 Å². The molecule has 0 unspecified atom stereocenters. The van der Waals surface area contributed by atoms with Gasteiger partial charge in [-0.05, 0) is 18.6 Å². The number of anilines is 1. The third-order valence-corrected chi connectivity index (χ3v) is 2.97. The molecule has 4 nitrogen and oxygen atoms in total. The molecule has 0 aliphatic carbocycles. The lowest BCUT2D eigenvalue weighted by molar-refractivity contribution is 0.301. The SMILES string of the molecule is CCCCN(CCO)c1ncnc2ccccc12. The van der Waals surface area contributed by atoms with E-state index in [1.54, 1.807) is 6.33 Å². The zero-order valence-corrected chi connectivity index (χ0v) is 10.7. The van der Waals surface area contributed by atoms with Crippen molar-refractivity contribution in [1.29, 1.82) is 0 Å². The van der Waals surface area contributed by atoms with Gasteiger partial charge in [0.2, 0.25) is 0 Å². The molecule has 1 heterocycles. The van der Waals surface area contributed by atoms with Gasteiger partial charge in [-0.2, -0.15) is 0 Å². The largest absolute Gasteiger partial charge is 0.395 e. The van der Waals surface area contributed by atoms with Gasteiger partial charge < -0.3 is 10.0 Å². The first-order chi connectivity index (χ1) is 8.86. The number of fused-ring (bicyclic) bond motifs is 1. The van der Waals surface area contributed by atoms with Crippen molar-refractivity contribution in [2.75, 3.05) is 24.6 Å². The molecule has 96 valence electrons. The van der Waals surface area contributed by atoms with E-state index < -0.39 is 0 Å². The highest BCUT2D eigenvalue weighted by atomic mass is 16.3. The van der Waals surface area contributed by atoms with E-state index >= 15 is 0 Å². The van der Waals surface area contributed by atoms with E-state index in [9.17, 15) is 5.11 Å². The van der Waals surface area contributed by atoms with Crippen molar-refractivity contribution in [3.05, 3.63) is 30.6 Å². The van der Waals surface area contributed by atoms with Crippen LogP contribution in [-0.4, -0.2) is 34.8 Å². The molecule has 0 fully saturated rings. The molecule has 0 bridgehead atoms. The standard InChI is InChI=1S/C14H19N3O/c1-2-3-8-17(9-10-18)14-12-6-4-5-7-13(12)15-11-16-14/h4-7,11,18H,2-3,8-10H2,1H3. The van der Waals surface area contributed by atoms with Crippen molar-refractivity contribution in [2.24, 2.45) is 0 Å². The number of unbranched alkanes of at least 4 members (excludes halogenated alkanes) is 1. The first kappa shape index (κ1) is 12.8. The van der Waals surface area contributed by atoms with Crippen LogP contribution in [0.5, 0.6) is 0 Å². The Bertz CT molecular complexity index is 496. The van der Waals surface area contributed by atoms with Gasteiger partial charge in [0.1, 0.15) is 12.1 Å². The van der Waals surface area contributed by atoms with Crippen molar-refractivity contribution in [3.8, 4) is 0 Å². The molecular weight excluding hydrogens is 226 g/mol. The minimum absolute atomic E-state index is 0.141. The number of hydrogen-bond acceptors (Lipinski definition) is 4. The summed E-state index contributed by atoms with van der Waals surface area (Å²) >= 11 is 0. The Labute approximate surface area is 107 Å². The Morgan fingerprint density at radius 3 is 2.78 bits per heavy atom. The van der Waals surface area contributed by atoms with Crippen molar-refractivity contribution in [1.82, 2.24) is 9.97 Å². The summed E-state index contributed by atoms with van der Waals surface area (Å²) in [5, 5.41) is 10.2. The third kappa shape index (κ3) is 2.76. The van der Waals surface area contributed by atoms with Gasteiger partial charge >= 0.3 is 0 Å². The Hall–Kier alpha value is -1.68. The van der Waals surface area contributed by atoms with Gasteiger partial charge in [0.25, 0.3) is 0 Å². The van der Waals surface area contributed by atoms with Crippen LogP contribution in [0.15, 0.2) is 30.6 Å². The minimum Gasteiger partial charge on any atom is -0.395 e. The number of aliphatic hydroxyl groups excluding tert-OH is 1. The zero-order valence-electron chi connectivity index (χ0n) is 10.7. The molecule has 0 saturated carbocycles. The molecular formula is C14H19N3O. The van der Waals surface area contributed by atoms with E-state index in [1.807, 2.05) is 24.3 Å². The van der Waals surface area contributed by atoms with E-state index in [4.69, 9.17) is 0 Å². The maximum absolute atomic E-state index is 9.18. The summed E-state index contributed by atoms with van der Waals surface area (Å²) in [6, 6.07) is 7.98. The van der Waals surface area contributed by atoms with Gasteiger partial charge in [-0.15, -0.1) is 0 Å². The predicted octanol–water partition coefficient (Wildman–Crippen LogP) is 2.23. The van der Waals surface area contributed by atoms with Gasteiger partial charge in [0, 0.05) is 18.5 Å². The Balaban J connectivity index is 2.36. The van der Waals surface area contributed by atoms with Crippen molar-refractivity contribution in [3.63, 3.8) is 0 Å². The summed E-state index contributed by atoms with van der Waals surface area (Å²) < 4.78 is 0. The number of rotatable bonds is 6. The van der Waals surface area contributed by atoms with E-state index in [0.717, 1.165) is 36.1 Å². The predicted molar refractivity (Wildman–Crippen MR) is 73.7 cm³/mol. The van der Waals surface area contributed by atoms with Crippen LogP contribution in [0, 0.1) is 0 Å². The summed E-state index contributed by atoms with van der Waals surface area (Å²) in [6.07, 6.45) is 3.82. The summed E-state index contributed by atoms with van der Waals surface area (Å²) in [5.74, 6) is 0.920. The number of aliphatic hydroxyl groups is 1. The fourth-order valence-corrected chi connectivity index (χ4v) is 2.04. The molecule has 0 amide bonds. The monoisotopic (exact) mass is 245 g/mol. The summed E-state index contributed by atoms with van der Waals surface area (Å²) in [6.45, 7) is 3.83. The van der Waals surface area contributed by atoms with E-state index in [2.05, 4.69) is 21.8 Å². The van der Waals surface area contributed by atoms with Crippen LogP contribution in [0.4, 0.5) is 5.82 Å². The zero-order chi connectivity index (χ0) is 12.8. The lowest BCUT2D eigenvalue weighted by Crippen LogP contribution is -2.28. The van der Waals surface area contributed by atoms with Crippen LogP contribution in [0.2, 0.25) is 0 Å². The highest BCUT2D eigenvalue weighted by Gasteiger charge is 2.10. The molecule has 4 heteroatoms. The molecule has 0 aliphatic heterocycles. The third-order valence-electron chi connectivity index (χ3n) is 2.97. The van der Waals surface area contributed by atoms with Gasteiger partial charge in [0.05, 0.1) is 12.1 Å². The molecule has 1 N–H and O–H groups in total. The van der Waals surface area contributed by atoms with Gasteiger partial charge in [-0.1, -0.05) is 25.5 Å². The van der Waals surface area contributed by atoms with Crippen molar-refractivity contribution < 1.29 is 5.11 Å². The molecule has 1 aromatic heterocycles. The molecule has 0 aliphatic rings. The molecule has 0 spiro atoms. The summed E-state index contributed by atoms with van der Waals surface area (Å²) in [4.78, 5) is 10.8. The molecule has 0 atom stereocenters. The summed E-state index contributed by atoms with van der Waals surface area (Å²) in [5.41, 5.74) is 0.946. The van der Waals surface area contributed by atoms with Crippen LogP contribution in [0.1, 0.15) is 19.8 Å². The van der Waals surface area contributed by atoms with Gasteiger partial charge in [0.15, 0.2) is 0 Å². The summed E-state index contributed by atoms with van der Waals surface area (Å²) in [7, 11) is 0. The number of hydrogen-bond donors (Lipinski definition) is 1. The molecule has 0 radical (unpaired) electrons. The highest BCUT2D eigenvalue weighted by Crippen LogP contribution is 2.22. The molecule has 18 heavy (non-hydrogen) atoms. The smallest absolute Gasteiger partial charge is 0.139 e. The Kier molecular flexibility index (Phi) is 4.47. The number of benzene rings is 1. The van der Waals surface area contributed by atoms with E-state index in [1.165, 1.54) is 0 Å². The maximum atomic E-state index is 9.18. The van der Waals surface area contributed by atoms with Crippen molar-refractivity contribution in [2.45, 2.75) is 19.8 Å². The van der Waals surface area contributed by atoms with Crippen molar-refractivity contribution >= 4 is 16.7 Å². The normalized spacial score (nSPS) is 10.8. The lowest BCUT2D eigenvalue weighted by Gasteiger charge is -2.23. The first-order valence-corrected chi connectivity index (χ1v) is 6.42. The van der Waals surface area contributed by atoms with Crippen LogP contribution < -0.4 is 4.90 Å². The Morgan fingerprint density at radius 1 is 1.17 bits per heavy atom. The quantitative estimate of drug-likeness (QED) is 0.848. The van der Waals surface area contributed by atoms with E-state index in [0.29, 0.717) is 6.54 Å². The van der Waals surface area contributed by atoms with Crippen LogP contribution >= 0.6 is 0 Å². The molecule has 2 aromatic rings. The maximum Gasteiger partial charge on any atom is 0.139 e. The van der Waals surface area contributed by atoms with Gasteiger partial charge in [-0.25, -0.2) is 9.97 Å². The second kappa shape index (κ2) is 6.31. The van der Waals surface area contributed by atoms with Crippen LogP contribution in [0.25, 0.3) is 10.9 Å². The topological polar surface area (TPSA) is 49.2 Å². The fraction of sp³-hybridized carbons (Fsp3) is 0.429. The fourth-order valence-electron chi connectivity index (χ4n) is 2.04. The Morgan fingerprint density at radius 2 is 2.00 bits per heavy atom. The second-order valence-corrected chi connectivity index (χ2v) is 4.28.